The number of fused-ring (bicyclic) bond motifs is 2. The summed E-state index contributed by atoms with van der Waals surface area (Å²) in [6.07, 6.45) is 2.33. The summed E-state index contributed by atoms with van der Waals surface area (Å²) >= 11 is 0. The van der Waals surface area contributed by atoms with Crippen LogP contribution in [0.15, 0.2) is 54.6 Å². The van der Waals surface area contributed by atoms with Crippen molar-refractivity contribution in [2.75, 3.05) is 19.7 Å². The van der Waals surface area contributed by atoms with Crippen molar-refractivity contribution in [3.63, 3.8) is 0 Å². The summed E-state index contributed by atoms with van der Waals surface area (Å²) in [5, 5.41) is 3.39. The average Bonchev–Trinajstić information content (AvgIpc) is 2.74. The standard InChI is InChI=1S/C19H19NO2/c1-2-6-16-14(5-1)13-22-19-8-4-3-7-17(19)18(16)11-15-12-20-9-10-21-15/h1-8,11,15,20H,9-10,12-13H2. The van der Waals surface area contributed by atoms with Gasteiger partial charge in [0.15, 0.2) is 0 Å². The largest absolute Gasteiger partial charge is 0.488 e. The van der Waals surface area contributed by atoms with Crippen LogP contribution in [0.2, 0.25) is 0 Å². The third-order valence-electron chi connectivity index (χ3n) is 4.18. The van der Waals surface area contributed by atoms with Gasteiger partial charge in [0, 0.05) is 18.7 Å². The number of hydrogen-bond acceptors (Lipinski definition) is 3. The Labute approximate surface area is 130 Å². The molecule has 0 amide bonds. The summed E-state index contributed by atoms with van der Waals surface area (Å²) < 4.78 is 11.9. The second-order valence-electron chi connectivity index (χ2n) is 5.64. The van der Waals surface area contributed by atoms with E-state index >= 15 is 0 Å². The van der Waals surface area contributed by atoms with E-state index in [0.717, 1.165) is 31.0 Å². The van der Waals surface area contributed by atoms with Crippen LogP contribution in [0.3, 0.4) is 0 Å². The Bertz CT molecular complexity index is 653. The maximum Gasteiger partial charge on any atom is 0.127 e. The number of benzene rings is 2. The first-order valence-corrected chi connectivity index (χ1v) is 7.76. The van der Waals surface area contributed by atoms with Crippen molar-refractivity contribution >= 4 is 5.57 Å². The molecule has 1 saturated heterocycles. The Morgan fingerprint density at radius 2 is 1.82 bits per heavy atom. The quantitative estimate of drug-likeness (QED) is 0.877. The minimum Gasteiger partial charge on any atom is -0.488 e. The molecule has 1 unspecified atom stereocenters. The van der Waals surface area contributed by atoms with Crippen LogP contribution in [0.4, 0.5) is 0 Å². The minimum absolute atomic E-state index is 0.1000. The molecule has 0 radical (unpaired) electrons. The van der Waals surface area contributed by atoms with E-state index in [1.165, 1.54) is 16.7 Å². The maximum absolute atomic E-state index is 6.00. The molecule has 22 heavy (non-hydrogen) atoms. The number of ether oxygens (including phenoxy) is 2. The Kier molecular flexibility index (Phi) is 3.67. The molecule has 3 heteroatoms. The first kappa shape index (κ1) is 13.6. The lowest BCUT2D eigenvalue weighted by molar-refractivity contribution is 0.0595. The van der Waals surface area contributed by atoms with Gasteiger partial charge < -0.3 is 14.8 Å². The number of nitrogens with one attached hydrogen (secondary N) is 1. The highest BCUT2D eigenvalue weighted by molar-refractivity contribution is 5.85. The lowest BCUT2D eigenvalue weighted by Crippen LogP contribution is -2.37. The van der Waals surface area contributed by atoms with Gasteiger partial charge >= 0.3 is 0 Å². The van der Waals surface area contributed by atoms with Crippen LogP contribution < -0.4 is 10.1 Å². The van der Waals surface area contributed by atoms with Crippen molar-refractivity contribution < 1.29 is 9.47 Å². The third kappa shape index (κ3) is 2.54. The van der Waals surface area contributed by atoms with Gasteiger partial charge in [-0.1, -0.05) is 42.5 Å². The molecule has 1 atom stereocenters. The fourth-order valence-electron chi connectivity index (χ4n) is 3.08. The molecule has 2 aliphatic heterocycles. The van der Waals surface area contributed by atoms with Gasteiger partial charge in [0.2, 0.25) is 0 Å². The van der Waals surface area contributed by atoms with Crippen molar-refractivity contribution in [3.8, 4) is 5.75 Å². The van der Waals surface area contributed by atoms with Crippen LogP contribution in [0.25, 0.3) is 5.57 Å². The summed E-state index contributed by atoms with van der Waals surface area (Å²) in [6.45, 7) is 3.15. The molecular weight excluding hydrogens is 274 g/mol. The van der Waals surface area contributed by atoms with Crippen molar-refractivity contribution in [2.24, 2.45) is 0 Å². The second-order valence-corrected chi connectivity index (χ2v) is 5.64. The lowest BCUT2D eigenvalue weighted by Gasteiger charge is -2.22. The van der Waals surface area contributed by atoms with Crippen LogP contribution in [0.5, 0.6) is 5.75 Å². The number of morpholine rings is 1. The Morgan fingerprint density at radius 3 is 2.68 bits per heavy atom. The van der Waals surface area contributed by atoms with Crippen molar-refractivity contribution in [1.82, 2.24) is 5.32 Å². The third-order valence-corrected chi connectivity index (χ3v) is 4.18. The van der Waals surface area contributed by atoms with Crippen LogP contribution in [-0.4, -0.2) is 25.8 Å². The van der Waals surface area contributed by atoms with Crippen LogP contribution >= 0.6 is 0 Å². The summed E-state index contributed by atoms with van der Waals surface area (Å²) in [4.78, 5) is 0. The van der Waals surface area contributed by atoms with Crippen LogP contribution in [0.1, 0.15) is 16.7 Å². The van der Waals surface area contributed by atoms with E-state index in [-0.39, 0.29) is 6.10 Å². The molecular formula is C19H19NO2. The first-order chi connectivity index (χ1) is 10.9. The van der Waals surface area contributed by atoms with E-state index in [9.17, 15) is 0 Å². The monoisotopic (exact) mass is 293 g/mol. The van der Waals surface area contributed by atoms with Gasteiger partial charge in [-0.2, -0.15) is 0 Å². The first-order valence-electron chi connectivity index (χ1n) is 7.76. The maximum atomic E-state index is 6.00. The molecule has 0 bridgehead atoms. The Morgan fingerprint density at radius 1 is 1.00 bits per heavy atom. The highest BCUT2D eigenvalue weighted by Gasteiger charge is 2.20. The summed E-state index contributed by atoms with van der Waals surface area (Å²) in [5.74, 6) is 0.939. The zero-order valence-electron chi connectivity index (χ0n) is 12.4. The van der Waals surface area contributed by atoms with E-state index in [4.69, 9.17) is 9.47 Å². The van der Waals surface area contributed by atoms with E-state index < -0.39 is 0 Å². The molecule has 2 aromatic rings. The number of para-hydroxylation sites is 1. The molecule has 112 valence electrons. The summed E-state index contributed by atoms with van der Waals surface area (Å²) in [6, 6.07) is 16.7. The zero-order valence-corrected chi connectivity index (χ0v) is 12.4. The predicted molar refractivity (Wildman–Crippen MR) is 86.9 cm³/mol. The molecule has 4 rings (SSSR count). The van der Waals surface area contributed by atoms with E-state index in [0.29, 0.717) is 6.61 Å². The van der Waals surface area contributed by atoms with Gasteiger partial charge in [-0.25, -0.2) is 0 Å². The van der Waals surface area contributed by atoms with E-state index in [1.807, 2.05) is 12.1 Å². The molecule has 2 aromatic carbocycles. The zero-order chi connectivity index (χ0) is 14.8. The molecule has 1 fully saturated rings. The highest BCUT2D eigenvalue weighted by atomic mass is 16.5. The molecule has 2 heterocycles. The van der Waals surface area contributed by atoms with Gasteiger partial charge in [0.25, 0.3) is 0 Å². The fraction of sp³-hybridized carbons (Fsp3) is 0.263. The number of hydrogen-bond donors (Lipinski definition) is 1. The SMILES string of the molecule is C(=C1c2ccccc2COc2ccccc21)C1CNCCO1. The van der Waals surface area contributed by atoms with Gasteiger partial charge in [0.1, 0.15) is 12.4 Å². The van der Waals surface area contributed by atoms with Crippen molar-refractivity contribution in [3.05, 3.63) is 71.3 Å². The van der Waals surface area contributed by atoms with E-state index in [1.54, 1.807) is 0 Å². The highest BCUT2D eigenvalue weighted by Crippen LogP contribution is 2.36. The normalized spacial score (nSPS) is 22.4. The molecule has 3 nitrogen and oxygen atoms in total. The minimum atomic E-state index is 0.1000. The predicted octanol–water partition coefficient (Wildman–Crippen LogP) is 3.00. The smallest absolute Gasteiger partial charge is 0.127 e. The molecule has 1 N–H and O–H groups in total. The molecule has 0 aliphatic carbocycles. The van der Waals surface area contributed by atoms with Gasteiger partial charge in [-0.05, 0) is 28.8 Å². The molecule has 0 saturated carbocycles. The van der Waals surface area contributed by atoms with Crippen LogP contribution in [-0.2, 0) is 11.3 Å². The summed E-state index contributed by atoms with van der Waals surface area (Å²) in [7, 11) is 0. The summed E-state index contributed by atoms with van der Waals surface area (Å²) in [5.41, 5.74) is 4.80. The Balaban J connectivity index is 1.85. The number of rotatable bonds is 1. The lowest BCUT2D eigenvalue weighted by atomic mass is 9.93. The second kappa shape index (κ2) is 5.95. The van der Waals surface area contributed by atoms with Crippen molar-refractivity contribution in [2.45, 2.75) is 12.7 Å². The molecule has 0 spiro atoms. The topological polar surface area (TPSA) is 30.5 Å². The van der Waals surface area contributed by atoms with Gasteiger partial charge in [-0.3, -0.25) is 0 Å². The molecule has 2 aliphatic rings. The molecule has 0 aromatic heterocycles. The average molecular weight is 293 g/mol. The van der Waals surface area contributed by atoms with Gasteiger partial charge in [0.05, 0.1) is 12.7 Å². The fourth-order valence-corrected chi connectivity index (χ4v) is 3.08. The van der Waals surface area contributed by atoms with Crippen molar-refractivity contribution in [1.29, 1.82) is 0 Å². The van der Waals surface area contributed by atoms with Crippen LogP contribution in [0, 0.1) is 0 Å². The van der Waals surface area contributed by atoms with E-state index in [2.05, 4.69) is 47.8 Å². The van der Waals surface area contributed by atoms with Gasteiger partial charge in [-0.15, -0.1) is 0 Å². The Hall–Kier alpha value is -2.10.